The van der Waals surface area contributed by atoms with Crippen molar-refractivity contribution < 1.29 is 17.9 Å². The normalized spacial score (nSPS) is 22.8. The summed E-state index contributed by atoms with van der Waals surface area (Å²) in [6.45, 7) is 0.743. The van der Waals surface area contributed by atoms with Crippen LogP contribution in [0.3, 0.4) is 0 Å². The van der Waals surface area contributed by atoms with E-state index in [0.717, 1.165) is 0 Å². The number of rotatable bonds is 3. The van der Waals surface area contributed by atoms with Gasteiger partial charge in [0.1, 0.15) is 6.61 Å². The van der Waals surface area contributed by atoms with E-state index >= 15 is 0 Å². The Morgan fingerprint density at radius 3 is 2.80 bits per heavy atom. The first-order chi connectivity index (χ1) is 6.95. The van der Waals surface area contributed by atoms with E-state index in [4.69, 9.17) is 9.88 Å². The number of methoxy groups -OCH3 is 1. The third-order valence-corrected chi connectivity index (χ3v) is 3.78. The van der Waals surface area contributed by atoms with E-state index in [2.05, 4.69) is 0 Å². The van der Waals surface area contributed by atoms with Crippen molar-refractivity contribution >= 4 is 15.9 Å². The molecule has 1 atom stereocenters. The number of hydrogen-bond donors (Lipinski definition) is 1. The Balaban J connectivity index is 2.60. The maximum absolute atomic E-state index is 11.4. The summed E-state index contributed by atoms with van der Waals surface area (Å²) >= 11 is 0. The number of hydrogen-bond acceptors (Lipinski definition) is 4. The molecule has 1 unspecified atom stereocenters. The van der Waals surface area contributed by atoms with E-state index in [1.54, 1.807) is 0 Å². The fourth-order valence-corrected chi connectivity index (χ4v) is 2.53. The van der Waals surface area contributed by atoms with E-state index < -0.39 is 15.3 Å². The summed E-state index contributed by atoms with van der Waals surface area (Å²) in [5.41, 5.74) is 0. The highest BCUT2D eigenvalue weighted by atomic mass is 32.2. The monoisotopic (exact) mass is 236 g/mol. The van der Waals surface area contributed by atoms with Crippen molar-refractivity contribution in [1.29, 1.82) is 0 Å². The van der Waals surface area contributed by atoms with Crippen LogP contribution < -0.4 is 5.14 Å². The van der Waals surface area contributed by atoms with Gasteiger partial charge in [0.25, 0.3) is 0 Å². The lowest BCUT2D eigenvalue weighted by Gasteiger charge is -2.31. The van der Waals surface area contributed by atoms with Crippen LogP contribution >= 0.6 is 0 Å². The molecule has 2 N–H and O–H groups in total. The molecule has 0 bridgehead atoms. The summed E-state index contributed by atoms with van der Waals surface area (Å²) in [4.78, 5) is 12.9. The SMILES string of the molecule is COCC(=O)N1CCCC(S(N)(=O)=O)C1. The number of likely N-dealkylation sites (tertiary alicyclic amines) is 1. The first-order valence-corrected chi connectivity index (χ1v) is 6.34. The van der Waals surface area contributed by atoms with Crippen LogP contribution in [0.15, 0.2) is 0 Å². The minimum absolute atomic E-state index is 0.0165. The molecule has 6 nitrogen and oxygen atoms in total. The summed E-state index contributed by atoms with van der Waals surface area (Å²) in [5.74, 6) is -0.189. The maximum Gasteiger partial charge on any atom is 0.248 e. The molecule has 7 heteroatoms. The molecule has 1 aliphatic rings. The average Bonchev–Trinajstić information content (AvgIpc) is 2.17. The molecule has 0 aromatic rings. The number of primary sulfonamides is 1. The van der Waals surface area contributed by atoms with E-state index in [0.29, 0.717) is 19.4 Å². The smallest absolute Gasteiger partial charge is 0.248 e. The number of piperidine rings is 1. The third-order valence-electron chi connectivity index (χ3n) is 2.46. The quantitative estimate of drug-likeness (QED) is 0.674. The zero-order valence-corrected chi connectivity index (χ0v) is 9.50. The summed E-state index contributed by atoms with van der Waals surface area (Å²) in [7, 11) is -2.11. The van der Waals surface area contributed by atoms with Gasteiger partial charge in [-0.1, -0.05) is 0 Å². The summed E-state index contributed by atoms with van der Waals surface area (Å²) in [6.07, 6.45) is 1.19. The van der Waals surface area contributed by atoms with Gasteiger partial charge in [0.2, 0.25) is 15.9 Å². The Kier molecular flexibility index (Phi) is 4.06. The van der Waals surface area contributed by atoms with Crippen molar-refractivity contribution in [3.05, 3.63) is 0 Å². The fraction of sp³-hybridized carbons (Fsp3) is 0.875. The molecule has 15 heavy (non-hydrogen) atoms. The number of carbonyl (C=O) groups is 1. The van der Waals surface area contributed by atoms with Crippen molar-refractivity contribution in [3.8, 4) is 0 Å². The molecule has 0 aliphatic carbocycles. The molecule has 1 heterocycles. The van der Waals surface area contributed by atoms with Crippen LogP contribution in [0.4, 0.5) is 0 Å². The number of sulfonamides is 1. The maximum atomic E-state index is 11.4. The predicted octanol–water partition coefficient (Wildman–Crippen LogP) is -1.09. The molecular formula is C8H16N2O4S. The number of carbonyl (C=O) groups excluding carboxylic acids is 1. The van der Waals surface area contributed by atoms with Gasteiger partial charge in [-0.25, -0.2) is 13.6 Å². The number of ether oxygens (including phenoxy) is 1. The predicted molar refractivity (Wildman–Crippen MR) is 54.6 cm³/mol. The van der Waals surface area contributed by atoms with Gasteiger partial charge in [-0.3, -0.25) is 4.79 Å². The van der Waals surface area contributed by atoms with E-state index in [-0.39, 0.29) is 19.1 Å². The highest BCUT2D eigenvalue weighted by Crippen LogP contribution is 2.15. The minimum Gasteiger partial charge on any atom is -0.375 e. The van der Waals surface area contributed by atoms with Crippen LogP contribution in [0, 0.1) is 0 Å². The van der Waals surface area contributed by atoms with Gasteiger partial charge < -0.3 is 9.64 Å². The highest BCUT2D eigenvalue weighted by molar-refractivity contribution is 7.89. The summed E-state index contributed by atoms with van der Waals surface area (Å²) < 4.78 is 26.9. The van der Waals surface area contributed by atoms with E-state index in [1.165, 1.54) is 12.0 Å². The minimum atomic E-state index is -3.54. The largest absolute Gasteiger partial charge is 0.375 e. The van der Waals surface area contributed by atoms with Crippen molar-refractivity contribution in [1.82, 2.24) is 4.90 Å². The van der Waals surface area contributed by atoms with Gasteiger partial charge in [0.05, 0.1) is 5.25 Å². The molecule has 88 valence electrons. The topological polar surface area (TPSA) is 89.7 Å². The molecule has 0 aromatic heterocycles. The molecule has 1 rings (SSSR count). The van der Waals surface area contributed by atoms with Crippen LogP contribution in [-0.4, -0.2) is 51.3 Å². The second kappa shape index (κ2) is 4.91. The second-order valence-corrected chi connectivity index (χ2v) is 5.47. The van der Waals surface area contributed by atoms with Gasteiger partial charge in [-0.2, -0.15) is 0 Å². The van der Waals surface area contributed by atoms with Crippen molar-refractivity contribution in [2.75, 3.05) is 26.8 Å². The molecule has 0 radical (unpaired) electrons. The van der Waals surface area contributed by atoms with E-state index in [9.17, 15) is 13.2 Å². The van der Waals surface area contributed by atoms with Gasteiger partial charge in [-0.05, 0) is 12.8 Å². The summed E-state index contributed by atoms with van der Waals surface area (Å²) in [5, 5.41) is 4.42. The van der Waals surface area contributed by atoms with Gasteiger partial charge in [0.15, 0.2) is 0 Å². The Morgan fingerprint density at radius 1 is 1.60 bits per heavy atom. The van der Waals surface area contributed by atoms with Gasteiger partial charge in [0, 0.05) is 20.2 Å². The van der Waals surface area contributed by atoms with Crippen LogP contribution in [-0.2, 0) is 19.6 Å². The van der Waals surface area contributed by atoms with Crippen LogP contribution in [0.2, 0.25) is 0 Å². The third kappa shape index (κ3) is 3.44. The first kappa shape index (κ1) is 12.4. The second-order valence-electron chi connectivity index (χ2n) is 3.63. The van der Waals surface area contributed by atoms with Crippen molar-refractivity contribution in [2.45, 2.75) is 18.1 Å². The molecule has 0 aromatic carbocycles. The Morgan fingerprint density at radius 2 is 2.27 bits per heavy atom. The first-order valence-electron chi connectivity index (χ1n) is 4.73. The van der Waals surface area contributed by atoms with Crippen LogP contribution in [0.25, 0.3) is 0 Å². The summed E-state index contributed by atoms with van der Waals surface area (Å²) in [6, 6.07) is 0. The Labute approximate surface area is 89.4 Å². The number of nitrogens with zero attached hydrogens (tertiary/aromatic N) is 1. The molecular weight excluding hydrogens is 220 g/mol. The van der Waals surface area contributed by atoms with Gasteiger partial charge >= 0.3 is 0 Å². The number of nitrogens with two attached hydrogens (primary N) is 1. The molecule has 1 fully saturated rings. The molecule has 1 saturated heterocycles. The molecule has 1 aliphatic heterocycles. The lowest BCUT2D eigenvalue weighted by Crippen LogP contribution is -2.48. The van der Waals surface area contributed by atoms with Crippen LogP contribution in [0.5, 0.6) is 0 Å². The Bertz CT molecular complexity index is 328. The van der Waals surface area contributed by atoms with Crippen LogP contribution in [0.1, 0.15) is 12.8 Å². The number of amides is 1. The lowest BCUT2D eigenvalue weighted by molar-refractivity contribution is -0.135. The zero-order chi connectivity index (χ0) is 11.5. The Hall–Kier alpha value is -0.660. The fourth-order valence-electron chi connectivity index (χ4n) is 1.65. The molecule has 1 amide bonds. The van der Waals surface area contributed by atoms with Crippen molar-refractivity contribution in [3.63, 3.8) is 0 Å². The van der Waals surface area contributed by atoms with Gasteiger partial charge in [-0.15, -0.1) is 0 Å². The average molecular weight is 236 g/mol. The van der Waals surface area contributed by atoms with E-state index in [1.807, 2.05) is 0 Å². The molecule has 0 spiro atoms. The molecule has 0 saturated carbocycles. The van der Waals surface area contributed by atoms with Crippen molar-refractivity contribution in [2.24, 2.45) is 5.14 Å². The zero-order valence-electron chi connectivity index (χ0n) is 8.68. The highest BCUT2D eigenvalue weighted by Gasteiger charge is 2.30. The standard InChI is InChI=1S/C8H16N2O4S/c1-14-6-8(11)10-4-2-3-7(5-10)15(9,12)13/h7H,2-6H2,1H3,(H2,9,12,13). The lowest BCUT2D eigenvalue weighted by atomic mass is 10.1.